The van der Waals surface area contributed by atoms with Crippen molar-refractivity contribution in [1.29, 1.82) is 0 Å². The maximum atomic E-state index is 17.0. The number of ether oxygens (including phenoxy) is 3. The first kappa shape index (κ1) is 47.1. The molecule has 0 spiro atoms. The molecule has 4 amide bonds. The predicted molar refractivity (Wildman–Crippen MR) is 262 cm³/mol. The van der Waals surface area contributed by atoms with Crippen LogP contribution in [0.15, 0.2) is 79.4 Å². The van der Waals surface area contributed by atoms with Gasteiger partial charge in [0.1, 0.15) is 40.3 Å². The summed E-state index contributed by atoms with van der Waals surface area (Å²) in [6.45, 7) is 8.51. The predicted octanol–water partition coefficient (Wildman–Crippen LogP) is 8.77. The van der Waals surface area contributed by atoms with E-state index >= 15 is 4.39 Å². The van der Waals surface area contributed by atoms with Crippen molar-refractivity contribution < 1.29 is 37.8 Å². The van der Waals surface area contributed by atoms with Gasteiger partial charge in [-0.3, -0.25) is 19.1 Å². The van der Waals surface area contributed by atoms with Gasteiger partial charge in [0.05, 0.1) is 77.4 Å². The number of imidazole rings is 2. The second-order valence-electron chi connectivity index (χ2n) is 18.7. The van der Waals surface area contributed by atoms with Crippen molar-refractivity contribution in [3.05, 3.63) is 102 Å². The number of thiazole rings is 1. The van der Waals surface area contributed by atoms with Crippen molar-refractivity contribution in [3.8, 4) is 50.2 Å². The number of carbonyl (C=O) groups is 4. The number of hydrogen-bond acceptors (Lipinski definition) is 12. The molecule has 7 aromatic rings. The lowest BCUT2D eigenvalue weighted by atomic mass is 10.0. The Morgan fingerprint density at radius 1 is 0.761 bits per heavy atom. The van der Waals surface area contributed by atoms with Crippen LogP contribution in [0.4, 0.5) is 14.0 Å². The Bertz CT molecular complexity index is 3150. The Balaban J connectivity index is 0.983. The van der Waals surface area contributed by atoms with Crippen LogP contribution in [0, 0.1) is 17.7 Å². The number of benzene rings is 2. The van der Waals surface area contributed by atoms with Crippen molar-refractivity contribution in [2.45, 2.75) is 83.8 Å². The summed E-state index contributed by atoms with van der Waals surface area (Å²) in [5.41, 5.74) is 5.04. The number of likely N-dealkylation sites (tertiary alicyclic amines) is 2. The number of pyridine rings is 1. The molecule has 3 aliphatic rings. The number of alkyl carbamates (subject to hydrolysis) is 2. The highest BCUT2D eigenvalue weighted by atomic mass is 32.1. The fraction of sp³-hybridized carbons (Fsp3) is 0.373. The molecule has 368 valence electrons. The van der Waals surface area contributed by atoms with Crippen LogP contribution in [0.1, 0.15) is 88.2 Å². The van der Waals surface area contributed by atoms with E-state index in [0.717, 1.165) is 39.9 Å². The van der Waals surface area contributed by atoms with Crippen LogP contribution in [-0.4, -0.2) is 108 Å². The summed E-state index contributed by atoms with van der Waals surface area (Å²) in [6, 6.07) is 14.6. The summed E-state index contributed by atoms with van der Waals surface area (Å²) in [7, 11) is 2.54. The molecule has 0 bridgehead atoms. The third kappa shape index (κ3) is 8.84. The van der Waals surface area contributed by atoms with Crippen LogP contribution in [0.2, 0.25) is 0 Å². The first-order chi connectivity index (χ1) is 34.3. The molecule has 3 aliphatic heterocycles. The number of methoxy groups -OCH3 is 2. The van der Waals surface area contributed by atoms with Gasteiger partial charge >= 0.3 is 12.2 Å². The van der Waals surface area contributed by atoms with Crippen molar-refractivity contribution in [2.75, 3.05) is 27.3 Å². The highest BCUT2D eigenvalue weighted by Crippen LogP contribution is 2.48. The zero-order chi connectivity index (χ0) is 49.7. The van der Waals surface area contributed by atoms with E-state index in [4.69, 9.17) is 29.2 Å². The monoisotopic (exact) mass is 983 g/mol. The smallest absolute Gasteiger partial charge is 0.407 e. The van der Waals surface area contributed by atoms with Gasteiger partial charge < -0.3 is 44.6 Å². The van der Waals surface area contributed by atoms with Gasteiger partial charge in [0.15, 0.2) is 0 Å². The number of hydrogen-bond donors (Lipinski definition) is 4. The van der Waals surface area contributed by atoms with E-state index in [1.165, 1.54) is 31.6 Å². The summed E-state index contributed by atoms with van der Waals surface area (Å²) < 4.78 is 35.5. The first-order valence-corrected chi connectivity index (χ1v) is 24.6. The number of carbonyl (C=O) groups excluding carboxylic acids is 4. The molecule has 0 aliphatic carbocycles. The average Bonchev–Trinajstić information content (AvgIpc) is 4.24. The van der Waals surface area contributed by atoms with Crippen LogP contribution in [-0.2, 0) is 19.1 Å². The molecule has 4 N–H and O–H groups in total. The fourth-order valence-corrected chi connectivity index (χ4v) is 10.9. The highest BCUT2D eigenvalue weighted by molar-refractivity contribution is 7.15. The molecule has 10 rings (SSSR count). The quantitative estimate of drug-likeness (QED) is 0.0908. The van der Waals surface area contributed by atoms with Gasteiger partial charge in [0.25, 0.3) is 0 Å². The minimum absolute atomic E-state index is 0.164. The lowest BCUT2D eigenvalue weighted by molar-refractivity contribution is -0.136. The molecule has 18 nitrogen and oxygen atoms in total. The van der Waals surface area contributed by atoms with E-state index in [1.807, 2.05) is 74.7 Å². The lowest BCUT2D eigenvalue weighted by Gasteiger charge is -2.30. The van der Waals surface area contributed by atoms with Crippen LogP contribution in [0.3, 0.4) is 0 Å². The van der Waals surface area contributed by atoms with Gasteiger partial charge in [-0.25, -0.2) is 28.9 Å². The normalized spacial score (nSPS) is 18.3. The number of nitrogens with zero attached hydrogens (tertiary/aromatic N) is 7. The maximum Gasteiger partial charge on any atom is 0.407 e. The Morgan fingerprint density at radius 3 is 1.96 bits per heavy atom. The molecule has 2 fully saturated rings. The number of amides is 4. The molecular weight excluding hydrogens is 930 g/mol. The SMILES string of the molecule is COC(=O)N[C@H](C(=O)N1CCC[C@H]1c1ncc(-c2cc(F)c3c(c2)OC(c2cnc(-c4ccccn4)s2)n2c-3cc3cc(-c4cnc([C@@H]5CCCN5C(=O)[C@@H](NC(=O)OC)C(C)C)[nH]4)ccc32)[nH]1)C(C)C. The van der Waals surface area contributed by atoms with E-state index < -0.39 is 36.3 Å². The summed E-state index contributed by atoms with van der Waals surface area (Å²) in [5.74, 6) is 0.241. The second kappa shape index (κ2) is 19.3. The molecule has 71 heavy (non-hydrogen) atoms. The number of aromatic amines is 2. The Hall–Kier alpha value is -7.61. The van der Waals surface area contributed by atoms with Crippen molar-refractivity contribution in [2.24, 2.45) is 11.8 Å². The molecule has 8 heterocycles. The molecule has 20 heteroatoms. The first-order valence-electron chi connectivity index (χ1n) is 23.7. The standard InChI is InChI=1S/C51H54FN11O7S/c1-26(2)42(59-50(66)68-5)47(64)61-17-9-12-36(61)44-54-23-33(57-44)28-14-15-35-30(19-28)21-38-41-31(52)20-29(22-39(41)70-49(63(35)38)40-25-56-46(71-40)32-11-7-8-16-53-32)34-24-55-45(58-34)37-13-10-18-62(37)48(65)43(27(3)4)60-51(67)69-6/h7-8,11,14-16,19-27,36-37,42-43,49H,9-10,12-13,17-18H2,1-6H3,(H,54,57)(H,55,58)(H,59,66)(H,60,67)/t36-,37-,42-,43-,49?/m0/s1. The minimum Gasteiger partial charge on any atom is -0.464 e. The van der Waals surface area contributed by atoms with Gasteiger partial charge in [0, 0.05) is 42.0 Å². The average molecular weight is 984 g/mol. The molecule has 5 aromatic heterocycles. The second-order valence-corrected chi connectivity index (χ2v) is 19.8. The maximum absolute atomic E-state index is 17.0. The van der Waals surface area contributed by atoms with Crippen molar-refractivity contribution in [3.63, 3.8) is 0 Å². The van der Waals surface area contributed by atoms with E-state index in [1.54, 1.807) is 40.7 Å². The summed E-state index contributed by atoms with van der Waals surface area (Å²) in [5, 5.41) is 6.92. The van der Waals surface area contributed by atoms with Crippen LogP contribution in [0.25, 0.3) is 55.4 Å². The Morgan fingerprint density at radius 2 is 1.38 bits per heavy atom. The zero-order valence-electron chi connectivity index (χ0n) is 40.1. The lowest BCUT2D eigenvalue weighted by Crippen LogP contribution is -2.51. The number of fused-ring (bicyclic) bond motifs is 5. The zero-order valence-corrected chi connectivity index (χ0v) is 40.9. The molecule has 0 saturated carbocycles. The topological polar surface area (TPSA) is 215 Å². The Kier molecular flexibility index (Phi) is 12.8. The number of nitrogens with one attached hydrogen (secondary N) is 4. The molecular formula is C51H54FN11O7S. The van der Waals surface area contributed by atoms with Crippen molar-refractivity contribution in [1.82, 2.24) is 54.9 Å². The molecule has 5 atom stereocenters. The van der Waals surface area contributed by atoms with Gasteiger partial charge in [-0.2, -0.15) is 0 Å². The van der Waals surface area contributed by atoms with Crippen LogP contribution < -0.4 is 15.4 Å². The fourth-order valence-electron chi connectivity index (χ4n) is 9.99. The number of halogens is 1. The van der Waals surface area contributed by atoms with Crippen LogP contribution >= 0.6 is 11.3 Å². The molecule has 0 radical (unpaired) electrons. The third-order valence-corrected chi connectivity index (χ3v) is 14.6. The summed E-state index contributed by atoms with van der Waals surface area (Å²) in [6.07, 6.45) is 7.70. The number of aromatic nitrogens is 7. The number of H-pyrrole nitrogens is 2. The van der Waals surface area contributed by atoms with Gasteiger partial charge in [-0.1, -0.05) is 39.8 Å². The Labute approximate surface area is 412 Å². The van der Waals surface area contributed by atoms with E-state index in [0.29, 0.717) is 76.5 Å². The van der Waals surface area contributed by atoms with Gasteiger partial charge in [-0.05, 0) is 80.0 Å². The van der Waals surface area contributed by atoms with E-state index in [2.05, 4.69) is 25.6 Å². The summed E-state index contributed by atoms with van der Waals surface area (Å²) >= 11 is 1.44. The molecule has 2 aromatic carbocycles. The van der Waals surface area contributed by atoms with Gasteiger partial charge in [-0.15, -0.1) is 11.3 Å². The van der Waals surface area contributed by atoms with E-state index in [9.17, 15) is 19.2 Å². The van der Waals surface area contributed by atoms with E-state index in [-0.39, 0.29) is 35.7 Å². The molecule has 2 saturated heterocycles. The molecule has 1 unspecified atom stereocenters. The van der Waals surface area contributed by atoms with Gasteiger partial charge in [0.2, 0.25) is 18.0 Å². The largest absolute Gasteiger partial charge is 0.464 e. The van der Waals surface area contributed by atoms with Crippen LogP contribution in [0.5, 0.6) is 5.75 Å². The van der Waals surface area contributed by atoms with Crippen molar-refractivity contribution >= 4 is 46.2 Å². The summed E-state index contributed by atoms with van der Waals surface area (Å²) in [4.78, 5) is 81.8. The number of rotatable bonds is 12. The highest BCUT2D eigenvalue weighted by Gasteiger charge is 2.40. The minimum atomic E-state index is -0.786. The third-order valence-electron chi connectivity index (χ3n) is 13.6.